The van der Waals surface area contributed by atoms with E-state index in [-0.39, 0.29) is 38.4 Å². The zero-order valence-electron chi connectivity index (χ0n) is 28.1. The van der Waals surface area contributed by atoms with Gasteiger partial charge in [-0.3, -0.25) is 4.79 Å². The maximum absolute atomic E-state index is 14.0. The van der Waals surface area contributed by atoms with Crippen molar-refractivity contribution < 1.29 is 34.3 Å². The summed E-state index contributed by atoms with van der Waals surface area (Å²) in [6.45, 7) is 15.9. The number of fused-ring (bicyclic) bond motifs is 8. The average molecular weight is 617 g/mol. The van der Waals surface area contributed by atoms with Gasteiger partial charge in [0, 0.05) is 5.41 Å². The predicted octanol–water partition coefficient (Wildman–Crippen LogP) is 6.45. The van der Waals surface area contributed by atoms with Crippen molar-refractivity contribution in [2.24, 2.45) is 55.7 Å². The summed E-state index contributed by atoms with van der Waals surface area (Å²) in [5.41, 5.74) is -0.646. The van der Waals surface area contributed by atoms with E-state index in [9.17, 15) is 29.6 Å². The fraction of sp³-hybridized carbons (Fsp3) is 0.919. The molecule has 0 radical (unpaired) electrons. The van der Waals surface area contributed by atoms with Gasteiger partial charge in [-0.2, -0.15) is 0 Å². The van der Waals surface area contributed by atoms with Gasteiger partial charge in [0.2, 0.25) is 0 Å². The molecular weight excluding hydrogens is 559 g/mol. The Morgan fingerprint density at radius 2 is 1.59 bits per heavy atom. The second kappa shape index (κ2) is 9.11. The van der Waals surface area contributed by atoms with E-state index in [2.05, 4.69) is 54.5 Å². The summed E-state index contributed by atoms with van der Waals surface area (Å²) in [7, 11) is 0. The summed E-state index contributed by atoms with van der Waals surface area (Å²) < 4.78 is 20.3. The first-order chi connectivity index (χ1) is 20.3. The molecule has 7 aliphatic rings. The van der Waals surface area contributed by atoms with E-state index in [1.807, 2.05) is 0 Å². The molecule has 7 unspecified atom stereocenters. The number of alkyl halides is 1. The molecule has 1 aliphatic heterocycles. The monoisotopic (exact) mass is 616 g/mol. The van der Waals surface area contributed by atoms with E-state index >= 15 is 0 Å². The van der Waals surface area contributed by atoms with Crippen LogP contribution in [0.3, 0.4) is 0 Å². The molecule has 6 nitrogen and oxygen atoms in total. The van der Waals surface area contributed by atoms with Gasteiger partial charge >= 0.3 is 5.97 Å². The number of carbonyl (C=O) groups is 1. The maximum Gasteiger partial charge on any atom is 0.310 e. The minimum absolute atomic E-state index is 0.0426. The van der Waals surface area contributed by atoms with Gasteiger partial charge in [-0.05, 0) is 115 Å². The number of aliphatic carboxylic acids is 1. The highest BCUT2D eigenvalue weighted by Crippen LogP contribution is 2.83. The van der Waals surface area contributed by atoms with Crippen molar-refractivity contribution in [2.75, 3.05) is 6.67 Å². The third-order valence-electron chi connectivity index (χ3n) is 16.8. The minimum Gasteiger partial charge on any atom is -0.481 e. The van der Waals surface area contributed by atoms with E-state index in [0.717, 1.165) is 64.2 Å². The molecule has 1 saturated heterocycles. The average Bonchev–Trinajstić information content (AvgIpc) is 3.61. The molecular formula is C37H57FO6. The molecule has 0 bridgehead atoms. The van der Waals surface area contributed by atoms with E-state index in [0.29, 0.717) is 18.3 Å². The Kier molecular flexibility index (Phi) is 6.54. The second-order valence-electron chi connectivity index (χ2n) is 18.8. The molecule has 7 heteroatoms. The van der Waals surface area contributed by atoms with Gasteiger partial charge in [0.25, 0.3) is 0 Å². The van der Waals surface area contributed by atoms with Crippen molar-refractivity contribution in [1.82, 2.24) is 0 Å². The fourth-order valence-electron chi connectivity index (χ4n) is 13.9. The lowest BCUT2D eigenvalue weighted by Gasteiger charge is -2.72. The number of carboxylic acid groups (broad SMARTS) is 1. The Balaban J connectivity index is 1.24. The molecule has 248 valence electrons. The smallest absolute Gasteiger partial charge is 0.310 e. The number of hydrogen-bond acceptors (Lipinski definition) is 5. The molecule has 0 aromatic heterocycles. The highest BCUT2D eigenvalue weighted by atomic mass is 19.1. The molecule has 0 aromatic rings. The van der Waals surface area contributed by atoms with Gasteiger partial charge in [-0.1, -0.05) is 60.1 Å². The lowest BCUT2D eigenvalue weighted by Crippen LogP contribution is -2.67. The Morgan fingerprint density at radius 1 is 0.909 bits per heavy atom. The van der Waals surface area contributed by atoms with Crippen LogP contribution in [0.15, 0.2) is 11.6 Å². The molecule has 0 amide bonds. The SMILES string of the molecule is CC1(C)CC[C@]2(C(=O)O)CC[C@]3(C)C(=CCC4[C@@]5(C)CC[C@]6(CC67OC(CF)[C@@H](O)C(O)C7O)C(C)(C)C5CC[C@]43C)C2C1. The zero-order valence-corrected chi connectivity index (χ0v) is 28.1. The topological polar surface area (TPSA) is 107 Å². The Morgan fingerprint density at radius 3 is 2.25 bits per heavy atom. The first-order valence-electron chi connectivity index (χ1n) is 17.5. The summed E-state index contributed by atoms with van der Waals surface area (Å²) in [4.78, 5) is 13.0. The van der Waals surface area contributed by atoms with E-state index in [1.165, 1.54) is 5.57 Å². The van der Waals surface area contributed by atoms with Gasteiger partial charge in [0.1, 0.15) is 36.7 Å². The van der Waals surface area contributed by atoms with Crippen LogP contribution in [-0.2, 0) is 9.53 Å². The molecule has 4 N–H and O–H groups in total. The first-order valence-corrected chi connectivity index (χ1v) is 17.5. The van der Waals surface area contributed by atoms with E-state index in [4.69, 9.17) is 4.74 Å². The molecule has 44 heavy (non-hydrogen) atoms. The van der Waals surface area contributed by atoms with Crippen molar-refractivity contribution in [3.05, 3.63) is 11.6 Å². The van der Waals surface area contributed by atoms with Crippen LogP contribution in [0.4, 0.5) is 4.39 Å². The third-order valence-corrected chi connectivity index (χ3v) is 16.8. The first kappa shape index (κ1) is 31.6. The predicted molar refractivity (Wildman–Crippen MR) is 165 cm³/mol. The van der Waals surface area contributed by atoms with Crippen LogP contribution in [0, 0.1) is 55.7 Å². The summed E-state index contributed by atoms with van der Waals surface area (Å²) >= 11 is 0. The van der Waals surface area contributed by atoms with E-state index < -0.39 is 48.1 Å². The van der Waals surface area contributed by atoms with Crippen LogP contribution in [0.1, 0.15) is 119 Å². The summed E-state index contributed by atoms with van der Waals surface area (Å²) in [6, 6.07) is 0. The van der Waals surface area contributed by atoms with Crippen LogP contribution in [-0.4, -0.2) is 63.1 Å². The highest BCUT2D eigenvalue weighted by Gasteiger charge is 2.84. The van der Waals surface area contributed by atoms with Crippen molar-refractivity contribution >= 4 is 5.97 Å². The Labute approximate surface area is 263 Å². The second-order valence-corrected chi connectivity index (χ2v) is 18.8. The number of rotatable bonds is 2. The van der Waals surface area contributed by atoms with Gasteiger partial charge in [-0.15, -0.1) is 0 Å². The quantitative estimate of drug-likeness (QED) is 0.266. The largest absolute Gasteiger partial charge is 0.481 e. The van der Waals surface area contributed by atoms with Crippen molar-refractivity contribution in [3.63, 3.8) is 0 Å². The number of hydrogen-bond donors (Lipinski definition) is 4. The van der Waals surface area contributed by atoms with Crippen molar-refractivity contribution in [3.8, 4) is 0 Å². The number of allylic oxidation sites excluding steroid dienone is 2. The van der Waals surface area contributed by atoms with Crippen molar-refractivity contribution in [1.29, 1.82) is 0 Å². The number of aliphatic hydroxyl groups excluding tert-OH is 3. The van der Waals surface area contributed by atoms with Crippen LogP contribution in [0.25, 0.3) is 0 Å². The standard InChI is InChI=1S/C37H57FO6/c1-30(2)12-15-35(29(42)43)16-14-33(6)21(22(35)18-30)8-9-25-32(5)13-17-36(31(3,4)24(32)10-11-34(25,33)7)20-37(36)28(41)27(40)26(39)23(19-38)44-37/h8,22-28,39-41H,9-20H2,1-7H3,(H,42,43)/t22?,23?,24?,25?,26-,27?,28?,32+,33-,34-,35+,36+,37?/m1/s1. The van der Waals surface area contributed by atoms with Crippen molar-refractivity contribution in [2.45, 2.75) is 149 Å². The number of halogens is 1. The van der Waals surface area contributed by atoms with Crippen LogP contribution < -0.4 is 0 Å². The minimum atomic E-state index is -1.43. The molecule has 5 saturated carbocycles. The van der Waals surface area contributed by atoms with Crippen LogP contribution in [0.5, 0.6) is 0 Å². The van der Waals surface area contributed by atoms with Gasteiger partial charge in [-0.25, -0.2) is 4.39 Å². The zero-order chi connectivity index (χ0) is 32.1. The van der Waals surface area contributed by atoms with Gasteiger partial charge in [0.05, 0.1) is 5.41 Å². The molecule has 7 rings (SSSR count). The molecule has 0 aromatic carbocycles. The molecule has 2 spiro atoms. The fourth-order valence-corrected chi connectivity index (χ4v) is 13.9. The Bertz CT molecular complexity index is 1280. The van der Waals surface area contributed by atoms with E-state index in [1.54, 1.807) is 0 Å². The maximum atomic E-state index is 14.0. The number of carboxylic acids is 1. The third kappa shape index (κ3) is 3.44. The molecule has 6 fully saturated rings. The number of ether oxygens (including phenoxy) is 1. The Hall–Kier alpha value is -1.02. The van der Waals surface area contributed by atoms with Crippen LogP contribution >= 0.6 is 0 Å². The summed E-state index contributed by atoms with van der Waals surface area (Å²) in [6.07, 6.45) is 7.17. The molecule has 1 heterocycles. The normalized spacial score (nSPS) is 57.0. The van der Waals surface area contributed by atoms with Gasteiger partial charge in [0.15, 0.2) is 0 Å². The number of aliphatic hydroxyl groups is 3. The lowest BCUT2D eigenvalue weighted by molar-refractivity contribution is -0.269. The lowest BCUT2D eigenvalue weighted by atomic mass is 9.32. The summed E-state index contributed by atoms with van der Waals surface area (Å²) in [5.74, 6) is 0.310. The highest BCUT2D eigenvalue weighted by molar-refractivity contribution is 5.76. The molecule has 13 atom stereocenters. The van der Waals surface area contributed by atoms with Crippen LogP contribution in [0.2, 0.25) is 0 Å². The van der Waals surface area contributed by atoms with Gasteiger partial charge < -0.3 is 25.2 Å². The summed E-state index contributed by atoms with van der Waals surface area (Å²) in [5, 5.41) is 43.2. The molecule has 6 aliphatic carbocycles.